The Bertz CT molecular complexity index is 850. The van der Waals surface area contributed by atoms with E-state index < -0.39 is 24.1 Å². The maximum absolute atomic E-state index is 13.2. The van der Waals surface area contributed by atoms with E-state index in [-0.39, 0.29) is 18.5 Å². The van der Waals surface area contributed by atoms with Crippen LogP contribution in [-0.2, 0) is 20.7 Å². The fourth-order valence-electron chi connectivity index (χ4n) is 3.81. The first-order chi connectivity index (χ1) is 13.8. The number of ether oxygens (including phenoxy) is 2. The number of aryl methyl sites for hydroxylation is 1. The number of hydrogen-bond donors (Lipinski definition) is 1. The monoisotopic (exact) mass is 406 g/mol. The first-order valence-corrected chi connectivity index (χ1v) is 9.40. The molecule has 3 heterocycles. The molecule has 1 aromatic heterocycles. The molecule has 0 spiro atoms. The van der Waals surface area contributed by atoms with Crippen LogP contribution in [0.3, 0.4) is 0 Å². The number of rotatable bonds is 6. The zero-order chi connectivity index (χ0) is 21.3. The number of amides is 1. The Balaban J connectivity index is 1.87. The minimum absolute atomic E-state index is 0.151. The minimum Gasteiger partial charge on any atom is -0.467 e. The molecule has 2 aliphatic rings. The summed E-state index contributed by atoms with van der Waals surface area (Å²) in [6, 6.07) is -1.44. The number of alkyl carbamates (subject to hydrolysis) is 1. The van der Waals surface area contributed by atoms with Gasteiger partial charge in [0, 0.05) is 13.6 Å². The van der Waals surface area contributed by atoms with Gasteiger partial charge in [0.25, 0.3) is 5.91 Å². The molecule has 11 nitrogen and oxygen atoms in total. The van der Waals surface area contributed by atoms with Crippen molar-refractivity contribution in [3.05, 3.63) is 11.4 Å². The predicted molar refractivity (Wildman–Crippen MR) is 104 cm³/mol. The molecule has 0 aliphatic carbocycles. The van der Waals surface area contributed by atoms with Crippen LogP contribution < -0.4 is 10.2 Å². The highest BCUT2D eigenvalue weighted by Gasteiger charge is 2.46. The number of aromatic nitrogens is 2. The average molecular weight is 406 g/mol. The Labute approximate surface area is 168 Å². The molecule has 0 radical (unpaired) electrons. The standard InChI is InChI=1S/C18H26N6O5/c1-6-23-9-19-13-14(23)22(3)17-20-10(2)12(24(17)15(13)25)8-7-11(16(26)28-4)21-18(27)29-5/h9,11,13-14H,6-8H2,1-5H3,(H,21,27). The Kier molecular flexibility index (Phi) is 5.76. The molecule has 158 valence electrons. The van der Waals surface area contributed by atoms with E-state index in [1.54, 1.807) is 10.9 Å². The average Bonchev–Trinajstić information content (AvgIpc) is 3.30. The van der Waals surface area contributed by atoms with Gasteiger partial charge in [0.15, 0.2) is 6.04 Å². The second-order valence-corrected chi connectivity index (χ2v) is 6.93. The number of aliphatic imine (C=N–C) groups is 1. The normalized spacial score (nSPS) is 20.9. The van der Waals surface area contributed by atoms with Crippen LogP contribution in [-0.4, -0.2) is 84.8 Å². The van der Waals surface area contributed by atoms with Crippen molar-refractivity contribution in [2.45, 2.75) is 44.9 Å². The lowest BCUT2D eigenvalue weighted by Gasteiger charge is -2.38. The van der Waals surface area contributed by atoms with Crippen molar-refractivity contribution >= 4 is 30.3 Å². The lowest BCUT2D eigenvalue weighted by molar-refractivity contribution is -0.143. The fourth-order valence-corrected chi connectivity index (χ4v) is 3.81. The second kappa shape index (κ2) is 8.10. The number of methoxy groups -OCH3 is 2. The van der Waals surface area contributed by atoms with E-state index in [0.717, 1.165) is 6.54 Å². The van der Waals surface area contributed by atoms with E-state index in [0.29, 0.717) is 23.8 Å². The van der Waals surface area contributed by atoms with Crippen LogP contribution in [0.4, 0.5) is 10.7 Å². The minimum atomic E-state index is -0.901. The van der Waals surface area contributed by atoms with Gasteiger partial charge in [-0.15, -0.1) is 0 Å². The third-order valence-electron chi connectivity index (χ3n) is 5.34. The van der Waals surface area contributed by atoms with Crippen LogP contribution in [0.5, 0.6) is 0 Å². The van der Waals surface area contributed by atoms with Crippen LogP contribution in [0, 0.1) is 6.92 Å². The summed E-state index contributed by atoms with van der Waals surface area (Å²) in [5, 5.41) is 2.46. The molecule has 2 aliphatic heterocycles. The molecular formula is C18H26N6O5. The summed E-state index contributed by atoms with van der Waals surface area (Å²) in [4.78, 5) is 49.7. The molecule has 0 saturated carbocycles. The highest BCUT2D eigenvalue weighted by Crippen LogP contribution is 2.32. The largest absolute Gasteiger partial charge is 0.467 e. The molecular weight excluding hydrogens is 380 g/mol. The van der Waals surface area contributed by atoms with Crippen LogP contribution in [0.25, 0.3) is 0 Å². The molecule has 1 amide bonds. The summed E-state index contributed by atoms with van der Waals surface area (Å²) in [7, 11) is 4.35. The summed E-state index contributed by atoms with van der Waals surface area (Å²) in [6.45, 7) is 4.56. The van der Waals surface area contributed by atoms with Gasteiger partial charge in [-0.1, -0.05) is 0 Å². The number of fused-ring (bicyclic) bond motifs is 2. The Morgan fingerprint density at radius 2 is 2.03 bits per heavy atom. The number of hydrogen-bond acceptors (Lipinski definition) is 9. The summed E-state index contributed by atoms with van der Waals surface area (Å²) in [5.74, 6) is -0.196. The molecule has 0 fully saturated rings. The number of carbonyl (C=O) groups is 3. The van der Waals surface area contributed by atoms with Gasteiger partial charge in [0.05, 0.1) is 31.9 Å². The van der Waals surface area contributed by atoms with Gasteiger partial charge in [-0.25, -0.2) is 14.6 Å². The maximum Gasteiger partial charge on any atom is 0.407 e. The van der Waals surface area contributed by atoms with Crippen molar-refractivity contribution in [1.82, 2.24) is 19.8 Å². The zero-order valence-corrected chi connectivity index (χ0v) is 17.2. The van der Waals surface area contributed by atoms with Crippen molar-refractivity contribution in [1.29, 1.82) is 0 Å². The quantitative estimate of drug-likeness (QED) is 0.664. The number of likely N-dealkylation sites (N-methyl/N-ethyl adjacent to an activating group) is 2. The highest BCUT2D eigenvalue weighted by molar-refractivity contribution is 5.93. The Morgan fingerprint density at radius 1 is 1.31 bits per heavy atom. The van der Waals surface area contributed by atoms with Crippen LogP contribution in [0.1, 0.15) is 29.5 Å². The first-order valence-electron chi connectivity index (χ1n) is 9.40. The number of nitrogens with zero attached hydrogens (tertiary/aromatic N) is 5. The van der Waals surface area contributed by atoms with E-state index >= 15 is 0 Å². The molecule has 0 aromatic carbocycles. The van der Waals surface area contributed by atoms with Gasteiger partial charge in [-0.2, -0.15) is 0 Å². The van der Waals surface area contributed by atoms with E-state index in [9.17, 15) is 14.4 Å². The lowest BCUT2D eigenvalue weighted by Crippen LogP contribution is -2.56. The van der Waals surface area contributed by atoms with Crippen LogP contribution in [0.2, 0.25) is 0 Å². The van der Waals surface area contributed by atoms with E-state index in [1.165, 1.54) is 14.2 Å². The number of anilines is 1. The van der Waals surface area contributed by atoms with Crippen LogP contribution in [0.15, 0.2) is 4.99 Å². The molecule has 11 heteroatoms. The van der Waals surface area contributed by atoms with E-state index in [2.05, 4.69) is 20.0 Å². The molecule has 29 heavy (non-hydrogen) atoms. The third-order valence-corrected chi connectivity index (χ3v) is 5.34. The summed E-state index contributed by atoms with van der Waals surface area (Å²) >= 11 is 0. The number of carbonyl (C=O) groups excluding carboxylic acids is 3. The number of esters is 1. The first kappa shape index (κ1) is 20.6. The second-order valence-electron chi connectivity index (χ2n) is 6.93. The predicted octanol–water partition coefficient (Wildman–Crippen LogP) is 0.170. The van der Waals surface area contributed by atoms with Crippen molar-refractivity contribution in [3.8, 4) is 0 Å². The summed E-state index contributed by atoms with van der Waals surface area (Å²) in [6.07, 6.45) is 1.34. The van der Waals surface area contributed by atoms with Gasteiger partial charge in [-0.3, -0.25) is 14.4 Å². The van der Waals surface area contributed by atoms with Crippen LogP contribution >= 0.6 is 0 Å². The van der Waals surface area contributed by atoms with E-state index in [4.69, 9.17) is 4.74 Å². The SMILES string of the molecule is CCN1C=NC2C(=O)n3c(nc(C)c3CCC(NC(=O)OC)C(=O)OC)N(C)C21. The van der Waals surface area contributed by atoms with Gasteiger partial charge in [0.1, 0.15) is 12.2 Å². The molecule has 0 bridgehead atoms. The molecule has 3 rings (SSSR count). The van der Waals surface area contributed by atoms with Gasteiger partial charge >= 0.3 is 12.1 Å². The number of nitrogens with one attached hydrogen (secondary N) is 1. The Morgan fingerprint density at radius 3 is 2.66 bits per heavy atom. The van der Waals surface area contributed by atoms with Gasteiger partial charge in [0.2, 0.25) is 5.95 Å². The fraction of sp³-hybridized carbons (Fsp3) is 0.611. The van der Waals surface area contributed by atoms with Gasteiger partial charge < -0.3 is 24.6 Å². The lowest BCUT2D eigenvalue weighted by atomic mass is 10.1. The van der Waals surface area contributed by atoms with Crippen molar-refractivity contribution < 1.29 is 23.9 Å². The molecule has 3 unspecified atom stereocenters. The van der Waals surface area contributed by atoms with E-state index in [1.807, 2.05) is 30.7 Å². The summed E-state index contributed by atoms with van der Waals surface area (Å²) < 4.78 is 10.9. The van der Waals surface area contributed by atoms with Crippen molar-refractivity contribution in [3.63, 3.8) is 0 Å². The molecule has 1 aromatic rings. The van der Waals surface area contributed by atoms with Crippen molar-refractivity contribution in [2.75, 3.05) is 32.7 Å². The highest BCUT2D eigenvalue weighted by atomic mass is 16.5. The van der Waals surface area contributed by atoms with Crippen molar-refractivity contribution in [2.24, 2.45) is 4.99 Å². The Hall–Kier alpha value is -3.11. The molecule has 3 atom stereocenters. The smallest absolute Gasteiger partial charge is 0.407 e. The number of imidazole rings is 1. The molecule has 1 N–H and O–H groups in total. The molecule has 0 saturated heterocycles. The topological polar surface area (TPSA) is 118 Å². The zero-order valence-electron chi connectivity index (χ0n) is 17.2. The summed E-state index contributed by atoms with van der Waals surface area (Å²) in [5.41, 5.74) is 1.37. The van der Waals surface area contributed by atoms with Gasteiger partial charge in [-0.05, 0) is 26.7 Å². The maximum atomic E-state index is 13.2. The third kappa shape index (κ3) is 3.52.